The van der Waals surface area contributed by atoms with Gasteiger partial charge in [0.1, 0.15) is 6.10 Å². The predicted octanol–water partition coefficient (Wildman–Crippen LogP) is -0.887. The van der Waals surface area contributed by atoms with Gasteiger partial charge in [-0.25, -0.2) is 0 Å². The van der Waals surface area contributed by atoms with Gasteiger partial charge < -0.3 is 20.5 Å². The van der Waals surface area contributed by atoms with Crippen molar-refractivity contribution < 1.29 is 14.3 Å². The first-order valence-corrected chi connectivity index (χ1v) is 4.30. The molecule has 0 bridgehead atoms. The highest BCUT2D eigenvalue weighted by Gasteiger charge is 2.11. The summed E-state index contributed by atoms with van der Waals surface area (Å²) in [6, 6.07) is 0. The number of amides is 1. The largest absolute Gasteiger partial charge is 0.383 e. The van der Waals surface area contributed by atoms with Crippen LogP contribution in [0, 0.1) is 0 Å². The minimum absolute atomic E-state index is 0.134. The van der Waals surface area contributed by atoms with Crippen LogP contribution in [0.25, 0.3) is 0 Å². The van der Waals surface area contributed by atoms with Crippen LogP contribution >= 0.6 is 0 Å². The maximum Gasteiger partial charge on any atom is 0.248 e. The van der Waals surface area contributed by atoms with E-state index in [-0.39, 0.29) is 5.91 Å². The first kappa shape index (κ1) is 12.3. The first-order valence-electron chi connectivity index (χ1n) is 4.30. The third-order valence-corrected chi connectivity index (χ3v) is 1.46. The second-order valence-electron chi connectivity index (χ2n) is 2.59. The molecule has 5 nitrogen and oxygen atoms in total. The SMILES string of the molecule is COCCNC(=O)C(C)OCCN. The smallest absolute Gasteiger partial charge is 0.248 e. The average molecular weight is 190 g/mol. The molecule has 0 spiro atoms. The molecule has 1 unspecified atom stereocenters. The summed E-state index contributed by atoms with van der Waals surface area (Å²) < 4.78 is 9.88. The Hall–Kier alpha value is -0.650. The van der Waals surface area contributed by atoms with Gasteiger partial charge in [-0.2, -0.15) is 0 Å². The Morgan fingerprint density at radius 1 is 1.54 bits per heavy atom. The molecule has 0 aliphatic heterocycles. The van der Waals surface area contributed by atoms with E-state index in [1.165, 1.54) is 0 Å². The van der Waals surface area contributed by atoms with Crippen molar-refractivity contribution >= 4 is 5.91 Å². The Kier molecular flexibility index (Phi) is 7.57. The lowest BCUT2D eigenvalue weighted by atomic mass is 10.4. The molecule has 5 heteroatoms. The fraction of sp³-hybridized carbons (Fsp3) is 0.875. The molecule has 0 saturated carbocycles. The van der Waals surface area contributed by atoms with Gasteiger partial charge in [-0.3, -0.25) is 4.79 Å². The van der Waals surface area contributed by atoms with Gasteiger partial charge in [0.25, 0.3) is 0 Å². The highest BCUT2D eigenvalue weighted by molar-refractivity contribution is 5.80. The summed E-state index contributed by atoms with van der Waals surface area (Å²) in [4.78, 5) is 11.2. The van der Waals surface area contributed by atoms with E-state index in [1.54, 1.807) is 14.0 Å². The van der Waals surface area contributed by atoms with Gasteiger partial charge >= 0.3 is 0 Å². The number of methoxy groups -OCH3 is 1. The van der Waals surface area contributed by atoms with Crippen molar-refractivity contribution in [2.24, 2.45) is 5.73 Å². The van der Waals surface area contributed by atoms with Gasteiger partial charge in [-0.1, -0.05) is 0 Å². The molecule has 13 heavy (non-hydrogen) atoms. The number of rotatable bonds is 7. The van der Waals surface area contributed by atoms with E-state index >= 15 is 0 Å². The van der Waals surface area contributed by atoms with Crippen LogP contribution in [0.15, 0.2) is 0 Å². The number of carbonyl (C=O) groups excluding carboxylic acids is 1. The number of hydrogen-bond acceptors (Lipinski definition) is 4. The molecule has 0 heterocycles. The molecule has 0 rings (SSSR count). The van der Waals surface area contributed by atoms with Gasteiger partial charge in [-0.15, -0.1) is 0 Å². The fourth-order valence-electron chi connectivity index (χ4n) is 0.741. The van der Waals surface area contributed by atoms with E-state index in [1.807, 2.05) is 0 Å². The molecule has 78 valence electrons. The summed E-state index contributed by atoms with van der Waals surface area (Å²) in [5.41, 5.74) is 5.22. The molecule has 0 radical (unpaired) electrons. The van der Waals surface area contributed by atoms with E-state index in [4.69, 9.17) is 15.2 Å². The molecule has 0 aromatic carbocycles. The number of nitrogens with two attached hydrogens (primary N) is 1. The Morgan fingerprint density at radius 2 is 2.23 bits per heavy atom. The van der Waals surface area contributed by atoms with Crippen molar-refractivity contribution in [3.05, 3.63) is 0 Å². The summed E-state index contributed by atoms with van der Waals surface area (Å²) in [6.45, 7) is 3.54. The summed E-state index contributed by atoms with van der Waals surface area (Å²) in [5, 5.41) is 2.66. The molecule has 0 aromatic heterocycles. The highest BCUT2D eigenvalue weighted by Crippen LogP contribution is 1.88. The van der Waals surface area contributed by atoms with E-state index < -0.39 is 6.10 Å². The van der Waals surface area contributed by atoms with Crippen LogP contribution in [0.5, 0.6) is 0 Å². The second-order valence-corrected chi connectivity index (χ2v) is 2.59. The van der Waals surface area contributed by atoms with Crippen LogP contribution in [0.3, 0.4) is 0 Å². The first-order chi connectivity index (χ1) is 6.22. The Balaban J connectivity index is 3.45. The Bertz CT molecular complexity index is 141. The molecule has 3 N–H and O–H groups in total. The zero-order valence-corrected chi connectivity index (χ0v) is 8.21. The van der Waals surface area contributed by atoms with Crippen LogP contribution < -0.4 is 11.1 Å². The maximum absolute atomic E-state index is 11.2. The molecular weight excluding hydrogens is 172 g/mol. The lowest BCUT2D eigenvalue weighted by Crippen LogP contribution is -2.37. The lowest BCUT2D eigenvalue weighted by Gasteiger charge is -2.12. The minimum atomic E-state index is -0.444. The molecule has 0 saturated heterocycles. The quantitative estimate of drug-likeness (QED) is 0.511. The van der Waals surface area contributed by atoms with Crippen LogP contribution in [0.1, 0.15) is 6.92 Å². The fourth-order valence-corrected chi connectivity index (χ4v) is 0.741. The van der Waals surface area contributed by atoms with Gasteiger partial charge in [0.05, 0.1) is 13.2 Å². The minimum Gasteiger partial charge on any atom is -0.383 e. The highest BCUT2D eigenvalue weighted by atomic mass is 16.5. The van der Waals surface area contributed by atoms with Crippen molar-refractivity contribution in [2.75, 3.05) is 33.4 Å². The lowest BCUT2D eigenvalue weighted by molar-refractivity contribution is -0.131. The van der Waals surface area contributed by atoms with E-state index in [2.05, 4.69) is 5.32 Å². The van der Waals surface area contributed by atoms with Crippen LogP contribution in [-0.2, 0) is 14.3 Å². The standard InChI is InChI=1S/C8H18N2O3/c1-7(13-5-3-9)8(11)10-4-6-12-2/h7H,3-6,9H2,1-2H3,(H,10,11). The third-order valence-electron chi connectivity index (χ3n) is 1.46. The van der Waals surface area contributed by atoms with Crippen molar-refractivity contribution in [3.8, 4) is 0 Å². The van der Waals surface area contributed by atoms with Crippen LogP contribution in [0.4, 0.5) is 0 Å². The van der Waals surface area contributed by atoms with Crippen LogP contribution in [0.2, 0.25) is 0 Å². The number of hydrogen-bond donors (Lipinski definition) is 2. The number of carbonyl (C=O) groups is 1. The van der Waals surface area contributed by atoms with E-state index in [0.29, 0.717) is 26.3 Å². The molecule has 0 aromatic rings. The average Bonchev–Trinajstić information content (AvgIpc) is 2.14. The third kappa shape index (κ3) is 6.51. The number of ether oxygens (including phenoxy) is 2. The molecule has 1 amide bonds. The maximum atomic E-state index is 11.2. The predicted molar refractivity (Wildman–Crippen MR) is 49.4 cm³/mol. The number of nitrogens with one attached hydrogen (secondary N) is 1. The molecule has 0 aliphatic rings. The van der Waals surface area contributed by atoms with E-state index in [9.17, 15) is 4.79 Å². The topological polar surface area (TPSA) is 73.6 Å². The zero-order valence-electron chi connectivity index (χ0n) is 8.21. The molecular formula is C8H18N2O3. The Morgan fingerprint density at radius 3 is 2.77 bits per heavy atom. The summed E-state index contributed by atoms with van der Waals surface area (Å²) in [7, 11) is 1.58. The van der Waals surface area contributed by atoms with Crippen molar-refractivity contribution in [1.29, 1.82) is 0 Å². The van der Waals surface area contributed by atoms with Gasteiger partial charge in [-0.05, 0) is 6.92 Å². The van der Waals surface area contributed by atoms with Gasteiger partial charge in [0.2, 0.25) is 5.91 Å². The molecule has 0 aliphatic carbocycles. The molecule has 0 fully saturated rings. The normalized spacial score (nSPS) is 12.5. The van der Waals surface area contributed by atoms with Crippen molar-refractivity contribution in [1.82, 2.24) is 5.32 Å². The summed E-state index contributed by atoms with van der Waals surface area (Å²) in [6.07, 6.45) is -0.444. The van der Waals surface area contributed by atoms with Crippen molar-refractivity contribution in [2.45, 2.75) is 13.0 Å². The van der Waals surface area contributed by atoms with Gasteiger partial charge in [0, 0.05) is 20.2 Å². The second kappa shape index (κ2) is 7.97. The Labute approximate surface area is 78.6 Å². The summed E-state index contributed by atoms with van der Waals surface area (Å²) in [5.74, 6) is -0.134. The summed E-state index contributed by atoms with van der Waals surface area (Å²) >= 11 is 0. The van der Waals surface area contributed by atoms with Crippen LogP contribution in [-0.4, -0.2) is 45.4 Å². The van der Waals surface area contributed by atoms with Gasteiger partial charge in [0.15, 0.2) is 0 Å². The van der Waals surface area contributed by atoms with Crippen molar-refractivity contribution in [3.63, 3.8) is 0 Å². The monoisotopic (exact) mass is 190 g/mol. The zero-order chi connectivity index (χ0) is 10.1. The molecule has 1 atom stereocenters. The van der Waals surface area contributed by atoms with E-state index in [0.717, 1.165) is 0 Å².